The van der Waals surface area contributed by atoms with Crippen molar-refractivity contribution in [3.05, 3.63) is 18.0 Å². The monoisotopic (exact) mass is 225 g/mol. The van der Waals surface area contributed by atoms with Crippen molar-refractivity contribution >= 4 is 6.01 Å². The second kappa shape index (κ2) is 6.27. The Bertz CT molecular complexity index is 334. The van der Waals surface area contributed by atoms with Gasteiger partial charge in [-0.05, 0) is 6.92 Å². The van der Waals surface area contributed by atoms with Gasteiger partial charge < -0.3 is 14.6 Å². The normalized spacial score (nSPS) is 10.8. The van der Waals surface area contributed by atoms with Crippen LogP contribution in [0.4, 0.5) is 6.01 Å². The van der Waals surface area contributed by atoms with E-state index in [1.54, 1.807) is 0 Å². The minimum absolute atomic E-state index is 0.277. The van der Waals surface area contributed by atoms with E-state index in [0.29, 0.717) is 31.6 Å². The van der Waals surface area contributed by atoms with E-state index in [2.05, 4.69) is 22.0 Å². The zero-order chi connectivity index (χ0) is 12.0. The van der Waals surface area contributed by atoms with E-state index >= 15 is 0 Å². The van der Waals surface area contributed by atoms with E-state index in [1.807, 2.05) is 20.8 Å². The molecule has 0 bridgehead atoms. The number of anilines is 1. The molecule has 1 rings (SSSR count). The highest BCUT2D eigenvalue weighted by atomic mass is 16.5. The third kappa shape index (κ3) is 4.44. The largest absolute Gasteiger partial charge is 0.375 e. The predicted octanol–water partition coefficient (Wildman–Crippen LogP) is 2.20. The van der Waals surface area contributed by atoms with Crippen molar-refractivity contribution < 1.29 is 9.26 Å². The molecule has 0 aromatic carbocycles. The first-order chi connectivity index (χ1) is 7.59. The Morgan fingerprint density at radius 1 is 1.56 bits per heavy atom. The van der Waals surface area contributed by atoms with Gasteiger partial charge in [0.25, 0.3) is 0 Å². The summed E-state index contributed by atoms with van der Waals surface area (Å²) >= 11 is 0. The maximum absolute atomic E-state index is 5.32. The smallest absolute Gasteiger partial charge is 0.321 e. The Morgan fingerprint density at radius 2 is 2.31 bits per heavy atom. The van der Waals surface area contributed by atoms with E-state index in [9.17, 15) is 0 Å². The molecule has 0 aliphatic heterocycles. The van der Waals surface area contributed by atoms with Crippen LogP contribution < -0.4 is 5.32 Å². The molecule has 16 heavy (non-hydrogen) atoms. The second-order valence-corrected chi connectivity index (χ2v) is 4.05. The molecule has 0 unspecified atom stereocenters. The summed E-state index contributed by atoms with van der Waals surface area (Å²) in [7, 11) is 0. The van der Waals surface area contributed by atoms with E-state index in [-0.39, 0.29) is 5.92 Å². The summed E-state index contributed by atoms with van der Waals surface area (Å²) in [6.45, 7) is 11.5. The molecule has 0 aliphatic rings. The molecule has 0 saturated heterocycles. The van der Waals surface area contributed by atoms with Gasteiger partial charge in [0.15, 0.2) is 5.82 Å². The van der Waals surface area contributed by atoms with Crippen LogP contribution in [0, 0.1) is 0 Å². The van der Waals surface area contributed by atoms with Gasteiger partial charge in [-0.25, -0.2) is 0 Å². The average Bonchev–Trinajstić information content (AvgIpc) is 2.65. The van der Waals surface area contributed by atoms with Gasteiger partial charge in [-0.3, -0.25) is 0 Å². The fourth-order valence-corrected chi connectivity index (χ4v) is 1.02. The molecule has 0 amide bonds. The minimum Gasteiger partial charge on any atom is -0.375 e. The first-order valence-electron chi connectivity index (χ1n) is 5.39. The van der Waals surface area contributed by atoms with Gasteiger partial charge in [0.05, 0.1) is 13.2 Å². The van der Waals surface area contributed by atoms with Crippen LogP contribution in [-0.2, 0) is 4.74 Å². The Labute approximate surface area is 95.9 Å². The lowest BCUT2D eigenvalue weighted by Gasteiger charge is -2.03. The highest BCUT2D eigenvalue weighted by Crippen LogP contribution is 2.11. The molecule has 1 aromatic rings. The molecule has 0 spiro atoms. The molecule has 0 aliphatic carbocycles. The Kier molecular flexibility index (Phi) is 4.98. The van der Waals surface area contributed by atoms with Crippen LogP contribution in [0.5, 0.6) is 0 Å². The highest BCUT2D eigenvalue weighted by molar-refractivity contribution is 5.18. The number of rotatable bonds is 7. The lowest BCUT2D eigenvalue weighted by molar-refractivity contribution is 0.166. The van der Waals surface area contributed by atoms with Crippen LogP contribution in [0.3, 0.4) is 0 Å². The van der Waals surface area contributed by atoms with E-state index in [1.165, 1.54) is 0 Å². The zero-order valence-electron chi connectivity index (χ0n) is 10.1. The molecule has 90 valence electrons. The van der Waals surface area contributed by atoms with Crippen molar-refractivity contribution in [3.8, 4) is 0 Å². The molecule has 1 aromatic heterocycles. The lowest BCUT2D eigenvalue weighted by atomic mass is 10.2. The molecule has 0 radical (unpaired) electrons. The Morgan fingerprint density at radius 3 is 2.88 bits per heavy atom. The molecule has 1 heterocycles. The van der Waals surface area contributed by atoms with Gasteiger partial charge in [-0.1, -0.05) is 31.2 Å². The van der Waals surface area contributed by atoms with Crippen molar-refractivity contribution in [2.75, 3.05) is 25.1 Å². The fourth-order valence-electron chi connectivity index (χ4n) is 1.02. The third-order valence-corrected chi connectivity index (χ3v) is 1.83. The average molecular weight is 225 g/mol. The van der Waals surface area contributed by atoms with Crippen molar-refractivity contribution in [1.82, 2.24) is 10.1 Å². The molecule has 5 nitrogen and oxygen atoms in total. The molecule has 1 N–H and O–H groups in total. The predicted molar refractivity (Wildman–Crippen MR) is 62.5 cm³/mol. The van der Waals surface area contributed by atoms with Gasteiger partial charge in [-0.15, -0.1) is 0 Å². The molecular weight excluding hydrogens is 206 g/mol. The van der Waals surface area contributed by atoms with Gasteiger partial charge in [0.1, 0.15) is 0 Å². The molecule has 5 heteroatoms. The van der Waals surface area contributed by atoms with Crippen molar-refractivity contribution in [1.29, 1.82) is 0 Å². The highest BCUT2D eigenvalue weighted by Gasteiger charge is 2.08. The van der Waals surface area contributed by atoms with Crippen LogP contribution in [-0.4, -0.2) is 29.9 Å². The van der Waals surface area contributed by atoms with Crippen molar-refractivity contribution in [3.63, 3.8) is 0 Å². The maximum Gasteiger partial charge on any atom is 0.321 e. The minimum atomic E-state index is 0.277. The van der Waals surface area contributed by atoms with Crippen LogP contribution >= 0.6 is 0 Å². The molecule has 0 saturated carbocycles. The first-order valence-corrected chi connectivity index (χ1v) is 5.39. The van der Waals surface area contributed by atoms with E-state index < -0.39 is 0 Å². The summed E-state index contributed by atoms with van der Waals surface area (Å²) < 4.78 is 10.3. The fraction of sp³-hybridized carbons (Fsp3) is 0.636. The van der Waals surface area contributed by atoms with Gasteiger partial charge >= 0.3 is 6.01 Å². The summed E-state index contributed by atoms with van der Waals surface area (Å²) in [4.78, 5) is 4.18. The first kappa shape index (κ1) is 12.7. The number of aromatic nitrogens is 2. The third-order valence-electron chi connectivity index (χ3n) is 1.83. The van der Waals surface area contributed by atoms with Crippen molar-refractivity contribution in [2.24, 2.45) is 0 Å². The standard InChI is InChI=1S/C11H19N3O2/c1-8(2)7-15-6-5-12-11-13-10(9(3)4)14-16-11/h9H,1,5-7H2,2-4H3,(H,12,13,14). The number of ether oxygens (including phenoxy) is 1. The summed E-state index contributed by atoms with van der Waals surface area (Å²) in [6, 6.07) is 0.447. The zero-order valence-corrected chi connectivity index (χ0v) is 10.1. The van der Waals surface area contributed by atoms with Gasteiger partial charge in [0.2, 0.25) is 0 Å². The number of nitrogens with one attached hydrogen (secondary N) is 1. The van der Waals surface area contributed by atoms with E-state index in [4.69, 9.17) is 9.26 Å². The van der Waals surface area contributed by atoms with Crippen LogP contribution in [0.1, 0.15) is 32.5 Å². The molecule has 0 atom stereocenters. The van der Waals surface area contributed by atoms with Gasteiger partial charge in [0, 0.05) is 12.5 Å². The SMILES string of the molecule is C=C(C)COCCNc1nc(C(C)C)no1. The lowest BCUT2D eigenvalue weighted by Crippen LogP contribution is -2.10. The van der Waals surface area contributed by atoms with Crippen molar-refractivity contribution in [2.45, 2.75) is 26.7 Å². The van der Waals surface area contributed by atoms with Crippen LogP contribution in [0.15, 0.2) is 16.7 Å². The quantitative estimate of drug-likeness (QED) is 0.569. The van der Waals surface area contributed by atoms with Crippen LogP contribution in [0.2, 0.25) is 0 Å². The second-order valence-electron chi connectivity index (χ2n) is 4.05. The molecular formula is C11H19N3O2. The number of hydrogen-bond donors (Lipinski definition) is 1. The van der Waals surface area contributed by atoms with E-state index in [0.717, 1.165) is 5.57 Å². The van der Waals surface area contributed by atoms with Gasteiger partial charge in [-0.2, -0.15) is 4.98 Å². The Hall–Kier alpha value is -1.36. The summed E-state index contributed by atoms with van der Waals surface area (Å²) in [6.07, 6.45) is 0. The number of hydrogen-bond acceptors (Lipinski definition) is 5. The summed E-state index contributed by atoms with van der Waals surface area (Å²) in [5.74, 6) is 0.990. The molecule has 0 fully saturated rings. The number of nitrogens with zero attached hydrogens (tertiary/aromatic N) is 2. The Balaban J connectivity index is 2.19. The summed E-state index contributed by atoms with van der Waals surface area (Å²) in [5, 5.41) is 6.84. The topological polar surface area (TPSA) is 60.2 Å². The van der Waals surface area contributed by atoms with Crippen LogP contribution in [0.25, 0.3) is 0 Å². The maximum atomic E-state index is 5.32. The summed E-state index contributed by atoms with van der Waals surface area (Å²) in [5.41, 5.74) is 1.01.